The number of carbonyl (C=O) groups excluding carboxylic acids is 1. The van der Waals surface area contributed by atoms with Crippen LogP contribution in [0.3, 0.4) is 0 Å². The molecule has 2 aromatic carbocycles. The van der Waals surface area contributed by atoms with Crippen molar-refractivity contribution in [1.82, 2.24) is 0 Å². The van der Waals surface area contributed by atoms with Crippen LogP contribution < -0.4 is 0 Å². The summed E-state index contributed by atoms with van der Waals surface area (Å²) in [6.45, 7) is 4.80. The van der Waals surface area contributed by atoms with Crippen LogP contribution >= 0.6 is 11.6 Å². The molecule has 0 spiro atoms. The summed E-state index contributed by atoms with van der Waals surface area (Å²) in [5.41, 5.74) is 1.85. The summed E-state index contributed by atoms with van der Waals surface area (Å²) in [7, 11) is 0. The zero-order valence-electron chi connectivity index (χ0n) is 12.7. The lowest BCUT2D eigenvalue weighted by atomic mass is 9.98. The van der Waals surface area contributed by atoms with E-state index in [0.29, 0.717) is 29.4 Å². The molecule has 0 unspecified atom stereocenters. The Morgan fingerprint density at radius 2 is 1.73 bits per heavy atom. The van der Waals surface area contributed by atoms with Gasteiger partial charge in [-0.15, -0.1) is 0 Å². The van der Waals surface area contributed by atoms with Gasteiger partial charge < -0.3 is 9.47 Å². The molecule has 22 heavy (non-hydrogen) atoms. The Balaban J connectivity index is 2.40. The maximum atomic E-state index is 12.8. The highest BCUT2D eigenvalue weighted by Crippen LogP contribution is 2.25. The summed E-state index contributed by atoms with van der Waals surface area (Å²) >= 11 is 5.98. The highest BCUT2D eigenvalue weighted by molar-refractivity contribution is 6.31. The molecule has 0 aliphatic heterocycles. The SMILES string of the molecule is CCOC(OCC)c1ccccc1C(=O)c1cccc(Cl)c1. The average molecular weight is 319 g/mol. The molecule has 0 aliphatic rings. The van der Waals surface area contributed by atoms with Crippen molar-refractivity contribution in [2.45, 2.75) is 20.1 Å². The number of rotatable bonds is 7. The molecule has 116 valence electrons. The van der Waals surface area contributed by atoms with Crippen molar-refractivity contribution in [3.8, 4) is 0 Å². The van der Waals surface area contributed by atoms with Crippen LogP contribution in [0.5, 0.6) is 0 Å². The lowest BCUT2D eigenvalue weighted by molar-refractivity contribution is -0.140. The first-order valence-corrected chi connectivity index (χ1v) is 7.67. The quantitative estimate of drug-likeness (QED) is 0.551. The third-order valence-electron chi connectivity index (χ3n) is 3.18. The van der Waals surface area contributed by atoms with E-state index in [2.05, 4.69) is 0 Å². The van der Waals surface area contributed by atoms with Crippen molar-refractivity contribution < 1.29 is 14.3 Å². The van der Waals surface area contributed by atoms with Crippen LogP contribution in [0.25, 0.3) is 0 Å². The molecule has 0 heterocycles. The minimum atomic E-state index is -0.547. The predicted octanol–water partition coefficient (Wildman–Crippen LogP) is 4.64. The van der Waals surface area contributed by atoms with Gasteiger partial charge in [0, 0.05) is 34.9 Å². The van der Waals surface area contributed by atoms with E-state index >= 15 is 0 Å². The number of carbonyl (C=O) groups is 1. The number of ketones is 1. The van der Waals surface area contributed by atoms with Gasteiger partial charge in [0.05, 0.1) is 0 Å². The largest absolute Gasteiger partial charge is 0.349 e. The summed E-state index contributed by atoms with van der Waals surface area (Å²) in [5, 5.41) is 0.537. The van der Waals surface area contributed by atoms with Crippen molar-refractivity contribution in [3.05, 3.63) is 70.2 Å². The molecule has 0 fully saturated rings. The van der Waals surface area contributed by atoms with Crippen LogP contribution in [-0.4, -0.2) is 19.0 Å². The number of hydrogen-bond donors (Lipinski definition) is 0. The molecule has 0 N–H and O–H groups in total. The molecule has 0 atom stereocenters. The minimum absolute atomic E-state index is 0.0949. The van der Waals surface area contributed by atoms with Gasteiger partial charge in [-0.3, -0.25) is 4.79 Å². The molecule has 0 amide bonds. The molecular formula is C18H19ClO3. The van der Waals surface area contributed by atoms with Crippen molar-refractivity contribution in [2.75, 3.05) is 13.2 Å². The predicted molar refractivity (Wildman–Crippen MR) is 87.3 cm³/mol. The third kappa shape index (κ3) is 3.95. The molecule has 0 aromatic heterocycles. The van der Waals surface area contributed by atoms with Gasteiger partial charge in [0.2, 0.25) is 0 Å². The van der Waals surface area contributed by atoms with Gasteiger partial charge in [-0.05, 0) is 26.0 Å². The second-order valence-electron chi connectivity index (χ2n) is 4.67. The van der Waals surface area contributed by atoms with E-state index in [1.807, 2.05) is 32.0 Å². The van der Waals surface area contributed by atoms with Gasteiger partial charge >= 0.3 is 0 Å². The third-order valence-corrected chi connectivity index (χ3v) is 3.42. The van der Waals surface area contributed by atoms with Gasteiger partial charge in [0.1, 0.15) is 0 Å². The van der Waals surface area contributed by atoms with E-state index in [4.69, 9.17) is 21.1 Å². The summed E-state index contributed by atoms with van der Waals surface area (Å²) in [4.78, 5) is 12.8. The van der Waals surface area contributed by atoms with Gasteiger partial charge in [-0.1, -0.05) is 48.0 Å². The van der Waals surface area contributed by atoms with Crippen molar-refractivity contribution in [3.63, 3.8) is 0 Å². The number of benzene rings is 2. The number of hydrogen-bond acceptors (Lipinski definition) is 3. The summed E-state index contributed by atoms with van der Waals surface area (Å²) in [6, 6.07) is 14.3. The van der Waals surface area contributed by atoms with E-state index in [1.165, 1.54) is 0 Å². The zero-order valence-corrected chi connectivity index (χ0v) is 13.5. The van der Waals surface area contributed by atoms with E-state index < -0.39 is 6.29 Å². The highest BCUT2D eigenvalue weighted by atomic mass is 35.5. The first-order valence-electron chi connectivity index (χ1n) is 7.29. The molecule has 3 nitrogen and oxygen atoms in total. The van der Waals surface area contributed by atoms with E-state index in [1.54, 1.807) is 30.3 Å². The van der Waals surface area contributed by atoms with Gasteiger partial charge in [0.25, 0.3) is 0 Å². The Labute approximate surface area is 135 Å². The molecule has 2 rings (SSSR count). The van der Waals surface area contributed by atoms with Crippen LogP contribution in [0.4, 0.5) is 0 Å². The summed E-state index contributed by atoms with van der Waals surface area (Å²) in [6.07, 6.45) is -0.547. The van der Waals surface area contributed by atoms with Crippen LogP contribution in [-0.2, 0) is 9.47 Å². The van der Waals surface area contributed by atoms with E-state index in [9.17, 15) is 4.79 Å². The molecular weight excluding hydrogens is 300 g/mol. The second-order valence-corrected chi connectivity index (χ2v) is 5.11. The molecule has 4 heteroatoms. The monoisotopic (exact) mass is 318 g/mol. The first kappa shape index (κ1) is 16.7. The Bertz CT molecular complexity index is 634. The van der Waals surface area contributed by atoms with Crippen molar-refractivity contribution in [2.24, 2.45) is 0 Å². The molecule has 2 aromatic rings. The molecule has 0 saturated carbocycles. The topological polar surface area (TPSA) is 35.5 Å². The fourth-order valence-electron chi connectivity index (χ4n) is 2.22. The first-order chi connectivity index (χ1) is 10.7. The van der Waals surface area contributed by atoms with Gasteiger partial charge in [0.15, 0.2) is 12.1 Å². The number of halogens is 1. The second kappa shape index (κ2) is 8.08. The van der Waals surface area contributed by atoms with Gasteiger partial charge in [-0.25, -0.2) is 0 Å². The Morgan fingerprint density at radius 1 is 1.05 bits per heavy atom. The van der Waals surface area contributed by atoms with Crippen LogP contribution in [0, 0.1) is 0 Å². The summed E-state index contributed by atoms with van der Waals surface area (Å²) in [5.74, 6) is -0.0949. The fourth-order valence-corrected chi connectivity index (χ4v) is 2.42. The van der Waals surface area contributed by atoms with Crippen LogP contribution in [0.15, 0.2) is 48.5 Å². The Hall–Kier alpha value is -1.68. The van der Waals surface area contributed by atoms with Crippen LogP contribution in [0.2, 0.25) is 5.02 Å². The van der Waals surface area contributed by atoms with Crippen molar-refractivity contribution in [1.29, 1.82) is 0 Å². The Kier molecular flexibility index (Phi) is 6.13. The maximum Gasteiger partial charge on any atom is 0.193 e. The zero-order chi connectivity index (χ0) is 15.9. The Morgan fingerprint density at radius 3 is 2.36 bits per heavy atom. The highest BCUT2D eigenvalue weighted by Gasteiger charge is 2.20. The standard InChI is InChI=1S/C18H19ClO3/c1-3-21-18(22-4-2)16-11-6-5-10-15(16)17(20)13-8-7-9-14(19)12-13/h5-12,18H,3-4H2,1-2H3. The fraction of sp³-hybridized carbons (Fsp3) is 0.278. The van der Waals surface area contributed by atoms with Gasteiger partial charge in [-0.2, -0.15) is 0 Å². The molecule has 0 radical (unpaired) electrons. The average Bonchev–Trinajstić information content (AvgIpc) is 2.54. The molecule has 0 saturated heterocycles. The van der Waals surface area contributed by atoms with Crippen LogP contribution in [0.1, 0.15) is 41.6 Å². The lowest BCUT2D eigenvalue weighted by Crippen LogP contribution is -2.14. The van der Waals surface area contributed by atoms with E-state index in [-0.39, 0.29) is 5.78 Å². The molecule has 0 aliphatic carbocycles. The number of ether oxygens (including phenoxy) is 2. The minimum Gasteiger partial charge on any atom is -0.349 e. The summed E-state index contributed by atoms with van der Waals surface area (Å²) < 4.78 is 11.2. The van der Waals surface area contributed by atoms with Crippen molar-refractivity contribution >= 4 is 17.4 Å². The maximum absolute atomic E-state index is 12.8. The normalized spacial score (nSPS) is 10.9. The smallest absolute Gasteiger partial charge is 0.193 e. The molecule has 0 bridgehead atoms. The lowest BCUT2D eigenvalue weighted by Gasteiger charge is -2.20. The van der Waals surface area contributed by atoms with E-state index in [0.717, 1.165) is 5.56 Å².